The molecule has 0 radical (unpaired) electrons. The third-order valence-corrected chi connectivity index (χ3v) is 2.88. The van der Waals surface area contributed by atoms with Crippen LogP contribution in [0.1, 0.15) is 26.2 Å². The van der Waals surface area contributed by atoms with Crippen molar-refractivity contribution >= 4 is 5.91 Å². The van der Waals surface area contributed by atoms with Gasteiger partial charge in [0.1, 0.15) is 5.54 Å². The number of likely N-dealkylation sites (N-methyl/N-ethyl adjacent to an activating group) is 2. The predicted molar refractivity (Wildman–Crippen MR) is 53.6 cm³/mol. The number of hydrogen-bond donors (Lipinski definition) is 0. The molecule has 0 atom stereocenters. The van der Waals surface area contributed by atoms with E-state index in [1.165, 1.54) is 0 Å². The van der Waals surface area contributed by atoms with Gasteiger partial charge in [0, 0.05) is 13.6 Å². The molecule has 0 aliphatic heterocycles. The molecule has 1 aliphatic carbocycles. The van der Waals surface area contributed by atoms with Gasteiger partial charge in [0.15, 0.2) is 0 Å². The summed E-state index contributed by atoms with van der Waals surface area (Å²) < 4.78 is 0. The van der Waals surface area contributed by atoms with Crippen molar-refractivity contribution in [2.24, 2.45) is 0 Å². The van der Waals surface area contributed by atoms with Crippen LogP contribution >= 0.6 is 0 Å². The summed E-state index contributed by atoms with van der Waals surface area (Å²) in [5.74, 6) is 0.291. The first-order valence-corrected chi connectivity index (χ1v) is 4.97. The molecule has 13 heavy (non-hydrogen) atoms. The molecule has 1 aliphatic rings. The Kier molecular flexibility index (Phi) is 2.96. The van der Waals surface area contributed by atoms with Crippen molar-refractivity contribution < 1.29 is 4.79 Å². The van der Waals surface area contributed by atoms with E-state index in [4.69, 9.17) is 0 Å². The largest absolute Gasteiger partial charge is 0.344 e. The van der Waals surface area contributed by atoms with E-state index in [9.17, 15) is 4.79 Å². The van der Waals surface area contributed by atoms with Crippen LogP contribution in [-0.4, -0.2) is 48.9 Å². The highest BCUT2D eigenvalue weighted by atomic mass is 16.2. The molecule has 0 aromatic rings. The van der Waals surface area contributed by atoms with Crippen LogP contribution in [0.2, 0.25) is 0 Å². The van der Waals surface area contributed by atoms with E-state index in [0.29, 0.717) is 5.91 Å². The lowest BCUT2D eigenvalue weighted by Crippen LogP contribution is -2.46. The standard InChI is InChI=1S/C10H20N2O/c1-5-8-12(4)9(13)10(6-7-10)11(2)3/h5-8H2,1-4H3. The fourth-order valence-corrected chi connectivity index (χ4v) is 1.76. The molecule has 1 rings (SSSR count). The maximum absolute atomic E-state index is 11.9. The lowest BCUT2D eigenvalue weighted by atomic mass is 10.2. The number of carbonyl (C=O) groups excluding carboxylic acids is 1. The van der Waals surface area contributed by atoms with Gasteiger partial charge >= 0.3 is 0 Å². The summed E-state index contributed by atoms with van der Waals surface area (Å²) in [4.78, 5) is 15.9. The van der Waals surface area contributed by atoms with Crippen LogP contribution in [0.25, 0.3) is 0 Å². The first-order chi connectivity index (χ1) is 6.04. The molecule has 0 N–H and O–H groups in total. The molecule has 1 fully saturated rings. The van der Waals surface area contributed by atoms with Crippen LogP contribution in [-0.2, 0) is 4.79 Å². The van der Waals surface area contributed by atoms with Crippen LogP contribution < -0.4 is 0 Å². The number of carbonyl (C=O) groups is 1. The van der Waals surface area contributed by atoms with Crippen LogP contribution in [0.5, 0.6) is 0 Å². The van der Waals surface area contributed by atoms with Gasteiger partial charge in [0.25, 0.3) is 0 Å². The van der Waals surface area contributed by atoms with Gasteiger partial charge in [-0.1, -0.05) is 6.92 Å². The highest BCUT2D eigenvalue weighted by molar-refractivity contribution is 5.89. The Labute approximate surface area is 80.7 Å². The molecule has 0 aromatic carbocycles. The zero-order chi connectivity index (χ0) is 10.1. The summed E-state index contributed by atoms with van der Waals surface area (Å²) >= 11 is 0. The average Bonchev–Trinajstić information content (AvgIpc) is 2.83. The molecule has 1 amide bonds. The maximum atomic E-state index is 11.9. The van der Waals surface area contributed by atoms with Gasteiger partial charge in [-0.05, 0) is 33.4 Å². The van der Waals surface area contributed by atoms with E-state index in [2.05, 4.69) is 11.8 Å². The number of nitrogens with zero attached hydrogens (tertiary/aromatic N) is 2. The van der Waals surface area contributed by atoms with Gasteiger partial charge in [-0.2, -0.15) is 0 Å². The van der Waals surface area contributed by atoms with Crippen molar-refractivity contribution in [2.45, 2.75) is 31.7 Å². The first kappa shape index (κ1) is 10.5. The molecule has 0 spiro atoms. The average molecular weight is 184 g/mol. The molecule has 0 unspecified atom stereocenters. The fourth-order valence-electron chi connectivity index (χ4n) is 1.76. The molecule has 3 heteroatoms. The molecule has 0 bridgehead atoms. The topological polar surface area (TPSA) is 23.6 Å². The summed E-state index contributed by atoms with van der Waals surface area (Å²) in [5, 5.41) is 0. The lowest BCUT2D eigenvalue weighted by molar-refractivity contribution is -0.136. The summed E-state index contributed by atoms with van der Waals surface area (Å²) in [7, 11) is 5.88. The van der Waals surface area contributed by atoms with Crippen molar-refractivity contribution in [3.63, 3.8) is 0 Å². The molecule has 1 saturated carbocycles. The minimum absolute atomic E-state index is 0.149. The van der Waals surface area contributed by atoms with Crippen molar-refractivity contribution in [1.29, 1.82) is 0 Å². The van der Waals surface area contributed by atoms with Gasteiger partial charge in [0.05, 0.1) is 0 Å². The first-order valence-electron chi connectivity index (χ1n) is 4.97. The Hall–Kier alpha value is -0.570. The SMILES string of the molecule is CCCN(C)C(=O)C1(N(C)C)CC1. The van der Waals surface area contributed by atoms with Gasteiger partial charge < -0.3 is 4.90 Å². The monoisotopic (exact) mass is 184 g/mol. The quantitative estimate of drug-likeness (QED) is 0.649. The maximum Gasteiger partial charge on any atom is 0.242 e. The normalized spacial score (nSPS) is 18.8. The van der Waals surface area contributed by atoms with E-state index >= 15 is 0 Å². The smallest absolute Gasteiger partial charge is 0.242 e. The molecule has 76 valence electrons. The Balaban J connectivity index is 2.57. The summed E-state index contributed by atoms with van der Waals surface area (Å²) in [6, 6.07) is 0. The minimum atomic E-state index is -0.149. The molecule has 0 heterocycles. The van der Waals surface area contributed by atoms with Crippen molar-refractivity contribution in [1.82, 2.24) is 9.80 Å². The van der Waals surface area contributed by atoms with Crippen LogP contribution in [0.3, 0.4) is 0 Å². The van der Waals surface area contributed by atoms with Crippen LogP contribution in [0.15, 0.2) is 0 Å². The van der Waals surface area contributed by atoms with E-state index < -0.39 is 0 Å². The highest BCUT2D eigenvalue weighted by Gasteiger charge is 2.52. The fraction of sp³-hybridized carbons (Fsp3) is 0.900. The van der Waals surface area contributed by atoms with Gasteiger partial charge in [-0.3, -0.25) is 9.69 Å². The molecular weight excluding hydrogens is 164 g/mol. The minimum Gasteiger partial charge on any atom is -0.344 e. The van der Waals surface area contributed by atoms with E-state index in [1.54, 1.807) is 0 Å². The highest BCUT2D eigenvalue weighted by Crippen LogP contribution is 2.41. The molecule has 0 aromatic heterocycles. The third-order valence-electron chi connectivity index (χ3n) is 2.88. The Morgan fingerprint density at radius 2 is 1.85 bits per heavy atom. The molecular formula is C10H20N2O. The zero-order valence-corrected chi connectivity index (χ0v) is 9.13. The number of rotatable bonds is 4. The van der Waals surface area contributed by atoms with Gasteiger partial charge in [-0.15, -0.1) is 0 Å². The van der Waals surface area contributed by atoms with Crippen LogP contribution in [0.4, 0.5) is 0 Å². The summed E-state index contributed by atoms with van der Waals surface area (Å²) in [5.41, 5.74) is -0.149. The predicted octanol–water partition coefficient (Wildman–Crippen LogP) is 0.949. The van der Waals surface area contributed by atoms with E-state index in [0.717, 1.165) is 25.8 Å². The van der Waals surface area contributed by atoms with Crippen molar-refractivity contribution in [2.75, 3.05) is 27.7 Å². The van der Waals surface area contributed by atoms with Crippen molar-refractivity contribution in [3.05, 3.63) is 0 Å². The summed E-state index contributed by atoms with van der Waals surface area (Å²) in [6.45, 7) is 2.97. The van der Waals surface area contributed by atoms with Gasteiger partial charge in [-0.25, -0.2) is 0 Å². The van der Waals surface area contributed by atoms with Crippen LogP contribution in [0, 0.1) is 0 Å². The Morgan fingerprint density at radius 1 is 1.31 bits per heavy atom. The lowest BCUT2D eigenvalue weighted by Gasteiger charge is -2.27. The number of hydrogen-bond acceptors (Lipinski definition) is 2. The second-order valence-corrected chi connectivity index (χ2v) is 4.15. The van der Waals surface area contributed by atoms with E-state index in [-0.39, 0.29) is 5.54 Å². The second kappa shape index (κ2) is 3.66. The molecule has 0 saturated heterocycles. The zero-order valence-electron chi connectivity index (χ0n) is 9.13. The Bertz CT molecular complexity index is 197. The third kappa shape index (κ3) is 1.85. The Morgan fingerprint density at radius 3 is 2.15 bits per heavy atom. The second-order valence-electron chi connectivity index (χ2n) is 4.15. The summed E-state index contributed by atoms with van der Waals surface area (Å²) in [6.07, 6.45) is 3.07. The molecule has 3 nitrogen and oxygen atoms in total. The number of amides is 1. The van der Waals surface area contributed by atoms with E-state index in [1.807, 2.05) is 26.0 Å². The van der Waals surface area contributed by atoms with Gasteiger partial charge in [0.2, 0.25) is 5.91 Å². The van der Waals surface area contributed by atoms with Crippen molar-refractivity contribution in [3.8, 4) is 0 Å².